The second-order valence-corrected chi connectivity index (χ2v) is 7.32. The van der Waals surface area contributed by atoms with Crippen molar-refractivity contribution in [1.29, 1.82) is 0 Å². The Morgan fingerprint density at radius 2 is 2.17 bits per heavy atom. The SMILES string of the molecule is Cc1nc(CSc2n[nH]c(COc3ccc(Cl)c(C)c3)n2)cs1. The number of hydrogen-bond acceptors (Lipinski definition) is 6. The number of halogens is 1. The van der Waals surface area contributed by atoms with Crippen LogP contribution in [0.15, 0.2) is 28.7 Å². The fraction of sp³-hybridized carbons (Fsp3) is 0.267. The maximum atomic E-state index is 6.00. The number of H-pyrrole nitrogens is 1. The van der Waals surface area contributed by atoms with E-state index in [1.165, 1.54) is 0 Å². The van der Waals surface area contributed by atoms with Crippen molar-refractivity contribution < 1.29 is 4.74 Å². The first-order valence-electron chi connectivity index (χ1n) is 6.94. The van der Waals surface area contributed by atoms with Crippen molar-refractivity contribution in [2.45, 2.75) is 31.4 Å². The summed E-state index contributed by atoms with van der Waals surface area (Å²) in [6, 6.07) is 5.56. The normalized spacial score (nSPS) is 10.9. The smallest absolute Gasteiger partial charge is 0.208 e. The molecule has 8 heteroatoms. The van der Waals surface area contributed by atoms with E-state index in [1.807, 2.05) is 32.0 Å². The molecule has 5 nitrogen and oxygen atoms in total. The zero-order valence-electron chi connectivity index (χ0n) is 12.7. The molecule has 0 aliphatic carbocycles. The van der Waals surface area contributed by atoms with Crippen LogP contribution in [-0.4, -0.2) is 20.2 Å². The van der Waals surface area contributed by atoms with Crippen molar-refractivity contribution in [2.75, 3.05) is 0 Å². The summed E-state index contributed by atoms with van der Waals surface area (Å²) in [5.74, 6) is 2.21. The fourth-order valence-corrected chi connectivity index (χ4v) is 3.42. The zero-order valence-corrected chi connectivity index (χ0v) is 15.1. The van der Waals surface area contributed by atoms with E-state index in [0.717, 1.165) is 32.8 Å². The van der Waals surface area contributed by atoms with Crippen LogP contribution in [0, 0.1) is 13.8 Å². The van der Waals surface area contributed by atoms with Crippen LogP contribution in [0.25, 0.3) is 0 Å². The Morgan fingerprint density at radius 3 is 2.91 bits per heavy atom. The maximum Gasteiger partial charge on any atom is 0.208 e. The zero-order chi connectivity index (χ0) is 16.2. The maximum absolute atomic E-state index is 6.00. The number of hydrogen-bond donors (Lipinski definition) is 1. The summed E-state index contributed by atoms with van der Waals surface area (Å²) in [7, 11) is 0. The predicted molar refractivity (Wildman–Crippen MR) is 93.3 cm³/mol. The molecule has 23 heavy (non-hydrogen) atoms. The lowest BCUT2D eigenvalue weighted by Crippen LogP contribution is -1.98. The van der Waals surface area contributed by atoms with Gasteiger partial charge in [0.25, 0.3) is 0 Å². The quantitative estimate of drug-likeness (QED) is 0.655. The van der Waals surface area contributed by atoms with Gasteiger partial charge in [-0.3, -0.25) is 5.10 Å². The Balaban J connectivity index is 1.53. The highest BCUT2D eigenvalue weighted by molar-refractivity contribution is 7.98. The standard InChI is InChI=1S/C15H15ClN4OS2/c1-9-5-12(3-4-13(9)16)21-6-14-18-15(20-19-14)23-8-11-7-22-10(2)17-11/h3-5,7H,6,8H2,1-2H3,(H,18,19,20). The van der Waals surface area contributed by atoms with Gasteiger partial charge < -0.3 is 4.74 Å². The highest BCUT2D eigenvalue weighted by Gasteiger charge is 2.07. The van der Waals surface area contributed by atoms with E-state index in [-0.39, 0.29) is 0 Å². The van der Waals surface area contributed by atoms with Gasteiger partial charge in [0.15, 0.2) is 5.82 Å². The van der Waals surface area contributed by atoms with Crippen LogP contribution in [0.1, 0.15) is 22.1 Å². The Morgan fingerprint density at radius 1 is 1.30 bits per heavy atom. The van der Waals surface area contributed by atoms with Gasteiger partial charge in [-0.15, -0.1) is 16.4 Å². The minimum Gasteiger partial charge on any atom is -0.486 e. The van der Waals surface area contributed by atoms with Gasteiger partial charge >= 0.3 is 0 Å². The molecule has 0 aliphatic heterocycles. The Bertz CT molecular complexity index is 802. The van der Waals surface area contributed by atoms with E-state index < -0.39 is 0 Å². The van der Waals surface area contributed by atoms with Gasteiger partial charge in [-0.2, -0.15) is 0 Å². The number of nitrogens with one attached hydrogen (secondary N) is 1. The molecule has 120 valence electrons. The molecule has 0 spiro atoms. The van der Waals surface area contributed by atoms with Gasteiger partial charge in [0.2, 0.25) is 5.16 Å². The number of aryl methyl sites for hydroxylation is 2. The van der Waals surface area contributed by atoms with Gasteiger partial charge in [-0.25, -0.2) is 9.97 Å². The first-order valence-corrected chi connectivity index (χ1v) is 9.18. The lowest BCUT2D eigenvalue weighted by atomic mass is 10.2. The number of aromatic nitrogens is 4. The van der Waals surface area contributed by atoms with Gasteiger partial charge in [0.1, 0.15) is 12.4 Å². The van der Waals surface area contributed by atoms with Crippen molar-refractivity contribution >= 4 is 34.7 Å². The second-order valence-electron chi connectivity index (χ2n) is 4.91. The first kappa shape index (κ1) is 16.3. The van der Waals surface area contributed by atoms with Crippen LogP contribution >= 0.6 is 34.7 Å². The summed E-state index contributed by atoms with van der Waals surface area (Å²) in [6.07, 6.45) is 0. The molecule has 0 amide bonds. The van der Waals surface area contributed by atoms with E-state index >= 15 is 0 Å². The van der Waals surface area contributed by atoms with Crippen molar-refractivity contribution in [1.82, 2.24) is 20.2 Å². The van der Waals surface area contributed by atoms with Gasteiger partial charge in [0, 0.05) is 16.2 Å². The summed E-state index contributed by atoms with van der Waals surface area (Å²) in [4.78, 5) is 8.83. The van der Waals surface area contributed by atoms with Crippen molar-refractivity contribution in [2.24, 2.45) is 0 Å². The lowest BCUT2D eigenvalue weighted by molar-refractivity contribution is 0.296. The summed E-state index contributed by atoms with van der Waals surface area (Å²) >= 11 is 9.20. The average Bonchev–Trinajstić information content (AvgIpc) is 3.15. The number of ether oxygens (including phenoxy) is 1. The summed E-state index contributed by atoms with van der Waals surface area (Å²) in [5.41, 5.74) is 2.04. The molecule has 0 saturated carbocycles. The molecule has 0 saturated heterocycles. The molecule has 2 aromatic heterocycles. The molecule has 0 radical (unpaired) electrons. The number of aromatic amines is 1. The second kappa shape index (κ2) is 7.33. The molecule has 1 N–H and O–H groups in total. The topological polar surface area (TPSA) is 63.7 Å². The van der Waals surface area contributed by atoms with Crippen LogP contribution in [0.4, 0.5) is 0 Å². The highest BCUT2D eigenvalue weighted by atomic mass is 35.5. The molecule has 2 heterocycles. The summed E-state index contributed by atoms with van der Waals surface area (Å²) < 4.78 is 5.69. The Kier molecular flexibility index (Phi) is 5.20. The van der Waals surface area contributed by atoms with Crippen LogP contribution in [-0.2, 0) is 12.4 Å². The number of nitrogens with zero attached hydrogens (tertiary/aromatic N) is 3. The third-order valence-electron chi connectivity index (χ3n) is 3.03. The van der Waals surface area contributed by atoms with Crippen LogP contribution in [0.3, 0.4) is 0 Å². The lowest BCUT2D eigenvalue weighted by Gasteiger charge is -2.05. The minimum absolute atomic E-state index is 0.338. The van der Waals surface area contributed by atoms with Crippen LogP contribution in [0.2, 0.25) is 5.02 Å². The molecular formula is C15H15ClN4OS2. The average molecular weight is 367 g/mol. The van der Waals surface area contributed by atoms with E-state index in [1.54, 1.807) is 23.1 Å². The molecule has 0 atom stereocenters. The van der Waals surface area contributed by atoms with Crippen molar-refractivity contribution in [3.8, 4) is 5.75 Å². The van der Waals surface area contributed by atoms with Gasteiger partial charge in [0.05, 0.1) is 10.7 Å². The number of benzene rings is 1. The fourth-order valence-electron chi connectivity index (χ4n) is 1.88. The molecule has 0 fully saturated rings. The molecule has 3 aromatic rings. The van der Waals surface area contributed by atoms with E-state index in [9.17, 15) is 0 Å². The number of thiazole rings is 1. The third-order valence-corrected chi connectivity index (χ3v) is 5.16. The monoisotopic (exact) mass is 366 g/mol. The summed E-state index contributed by atoms with van der Waals surface area (Å²) in [5, 5.41) is 11.6. The predicted octanol–water partition coefficient (Wildman–Crippen LogP) is 4.40. The highest BCUT2D eigenvalue weighted by Crippen LogP contribution is 2.22. The molecule has 3 rings (SSSR count). The molecule has 0 aliphatic rings. The third kappa shape index (κ3) is 4.46. The van der Waals surface area contributed by atoms with E-state index in [0.29, 0.717) is 17.6 Å². The van der Waals surface area contributed by atoms with Crippen LogP contribution < -0.4 is 4.74 Å². The molecule has 0 unspecified atom stereocenters. The molecule has 0 bridgehead atoms. The van der Waals surface area contributed by atoms with Crippen molar-refractivity contribution in [3.63, 3.8) is 0 Å². The van der Waals surface area contributed by atoms with Crippen LogP contribution in [0.5, 0.6) is 5.75 Å². The Labute approximate surface area is 147 Å². The first-order chi connectivity index (χ1) is 11.1. The largest absolute Gasteiger partial charge is 0.486 e. The minimum atomic E-state index is 0.338. The van der Waals surface area contributed by atoms with Gasteiger partial charge in [-0.05, 0) is 37.6 Å². The van der Waals surface area contributed by atoms with E-state index in [2.05, 4.69) is 25.5 Å². The van der Waals surface area contributed by atoms with E-state index in [4.69, 9.17) is 16.3 Å². The molecular weight excluding hydrogens is 352 g/mol. The number of rotatable bonds is 6. The van der Waals surface area contributed by atoms with Crippen molar-refractivity contribution in [3.05, 3.63) is 50.7 Å². The van der Waals surface area contributed by atoms with Gasteiger partial charge in [-0.1, -0.05) is 23.4 Å². The number of thioether (sulfide) groups is 1. The Hall–Kier alpha value is -1.57. The summed E-state index contributed by atoms with van der Waals surface area (Å²) in [6.45, 7) is 4.28. The molecule has 1 aromatic carbocycles.